The van der Waals surface area contributed by atoms with E-state index in [1.165, 1.54) is 16.2 Å². The summed E-state index contributed by atoms with van der Waals surface area (Å²) in [6, 6.07) is 15.3. The highest BCUT2D eigenvalue weighted by molar-refractivity contribution is 9.10. The third-order valence-electron chi connectivity index (χ3n) is 5.10. The molecule has 1 atom stereocenters. The minimum absolute atomic E-state index is 0.0285. The van der Waals surface area contributed by atoms with Crippen LogP contribution in [0.25, 0.3) is 11.0 Å². The van der Waals surface area contributed by atoms with Gasteiger partial charge in [-0.05, 0) is 36.8 Å². The van der Waals surface area contributed by atoms with Crippen LogP contribution in [0.15, 0.2) is 80.2 Å². The minimum Gasteiger partial charge on any atom is -0.503 e. The number of anilines is 1. The van der Waals surface area contributed by atoms with Crippen LogP contribution in [0, 0.1) is 6.92 Å². The van der Waals surface area contributed by atoms with Crippen molar-refractivity contribution < 1.29 is 19.1 Å². The zero-order chi connectivity index (χ0) is 21.7. The van der Waals surface area contributed by atoms with E-state index in [2.05, 4.69) is 20.9 Å². The number of para-hydroxylation sites is 1. The number of halogens is 1. The van der Waals surface area contributed by atoms with Crippen LogP contribution in [0.5, 0.6) is 0 Å². The van der Waals surface area contributed by atoms with Gasteiger partial charge in [0.15, 0.2) is 16.7 Å². The number of nitrogens with zero attached hydrogens (tertiary/aromatic N) is 2. The van der Waals surface area contributed by atoms with E-state index in [1.807, 2.05) is 42.6 Å². The average Bonchev–Trinajstić information content (AvgIpc) is 3.45. The van der Waals surface area contributed by atoms with Crippen LogP contribution in [-0.4, -0.2) is 21.8 Å². The van der Waals surface area contributed by atoms with Crippen LogP contribution >= 0.6 is 27.3 Å². The first-order valence-corrected chi connectivity index (χ1v) is 11.1. The summed E-state index contributed by atoms with van der Waals surface area (Å²) in [4.78, 5) is 32.3. The molecule has 31 heavy (non-hydrogen) atoms. The smallest absolute Gasteiger partial charge is 0.296 e. The molecule has 1 unspecified atom stereocenters. The standard InChI is InChI=1S/C23H15BrN2O4S/c1-12-11-31-23(25-12)26-19(13-6-8-15(24)9-7-13)18(21(28)22(26)29)20(27)17-10-14-4-2-3-5-16(14)30-17/h2-11,19,28H,1H3. The number of furan rings is 1. The van der Waals surface area contributed by atoms with Gasteiger partial charge in [-0.15, -0.1) is 11.3 Å². The molecule has 0 aliphatic carbocycles. The van der Waals surface area contributed by atoms with Gasteiger partial charge in [-0.1, -0.05) is 46.3 Å². The number of aliphatic hydroxyl groups is 1. The van der Waals surface area contributed by atoms with E-state index in [0.717, 1.165) is 15.6 Å². The van der Waals surface area contributed by atoms with Crippen molar-refractivity contribution in [1.82, 2.24) is 4.98 Å². The lowest BCUT2D eigenvalue weighted by Gasteiger charge is -2.24. The molecule has 1 aliphatic heterocycles. The fourth-order valence-electron chi connectivity index (χ4n) is 3.67. The van der Waals surface area contributed by atoms with E-state index in [-0.39, 0.29) is 11.3 Å². The monoisotopic (exact) mass is 494 g/mol. The van der Waals surface area contributed by atoms with Gasteiger partial charge in [0.25, 0.3) is 5.91 Å². The number of amides is 1. The first-order chi connectivity index (χ1) is 14.9. The van der Waals surface area contributed by atoms with Crippen LogP contribution in [-0.2, 0) is 4.79 Å². The Hall–Kier alpha value is -3.23. The molecule has 1 aliphatic rings. The Kier molecular flexibility index (Phi) is 4.75. The van der Waals surface area contributed by atoms with E-state index < -0.39 is 23.5 Å². The molecule has 0 saturated heterocycles. The van der Waals surface area contributed by atoms with Crippen molar-refractivity contribution in [3.63, 3.8) is 0 Å². The second-order valence-corrected chi connectivity index (χ2v) is 8.89. The van der Waals surface area contributed by atoms with Gasteiger partial charge in [-0.2, -0.15) is 0 Å². The maximum absolute atomic E-state index is 13.5. The number of rotatable bonds is 4. The summed E-state index contributed by atoms with van der Waals surface area (Å²) in [6.07, 6.45) is 0. The Morgan fingerprint density at radius 2 is 1.94 bits per heavy atom. The topological polar surface area (TPSA) is 83.6 Å². The molecule has 5 rings (SSSR count). The predicted octanol–water partition coefficient (Wildman–Crippen LogP) is 5.74. The highest BCUT2D eigenvalue weighted by atomic mass is 79.9. The highest BCUT2D eigenvalue weighted by Crippen LogP contribution is 2.43. The number of aromatic nitrogens is 1. The maximum Gasteiger partial charge on any atom is 0.296 e. The molecule has 0 spiro atoms. The molecule has 3 heterocycles. The number of hydrogen-bond donors (Lipinski definition) is 1. The average molecular weight is 495 g/mol. The molecule has 2 aromatic heterocycles. The van der Waals surface area contributed by atoms with Crippen molar-refractivity contribution in [2.45, 2.75) is 13.0 Å². The lowest BCUT2D eigenvalue weighted by atomic mass is 9.95. The normalized spacial score (nSPS) is 16.5. The molecule has 0 radical (unpaired) electrons. The molecule has 0 fully saturated rings. The third kappa shape index (κ3) is 3.28. The molecule has 6 nitrogen and oxygen atoms in total. The van der Waals surface area contributed by atoms with Crippen molar-refractivity contribution in [1.29, 1.82) is 0 Å². The largest absolute Gasteiger partial charge is 0.503 e. The number of carbonyl (C=O) groups excluding carboxylic acids is 2. The van der Waals surface area contributed by atoms with Gasteiger partial charge in [-0.3, -0.25) is 14.5 Å². The lowest BCUT2D eigenvalue weighted by molar-refractivity contribution is -0.117. The van der Waals surface area contributed by atoms with E-state index in [9.17, 15) is 14.7 Å². The van der Waals surface area contributed by atoms with Crippen molar-refractivity contribution in [2.24, 2.45) is 0 Å². The van der Waals surface area contributed by atoms with Gasteiger partial charge in [0.2, 0.25) is 5.78 Å². The minimum atomic E-state index is -0.827. The quantitative estimate of drug-likeness (QED) is 0.365. The van der Waals surface area contributed by atoms with E-state index in [1.54, 1.807) is 24.3 Å². The summed E-state index contributed by atoms with van der Waals surface area (Å²) < 4.78 is 6.59. The molecule has 1 amide bonds. The molecule has 1 N–H and O–H groups in total. The molecule has 0 bridgehead atoms. The fourth-order valence-corrected chi connectivity index (χ4v) is 4.77. The number of fused-ring (bicyclic) bond motifs is 1. The summed E-state index contributed by atoms with van der Waals surface area (Å²) in [5.41, 5.74) is 1.95. The highest BCUT2D eigenvalue weighted by Gasteiger charge is 2.46. The summed E-state index contributed by atoms with van der Waals surface area (Å²) in [6.45, 7) is 1.82. The first-order valence-electron chi connectivity index (χ1n) is 9.41. The second kappa shape index (κ2) is 7.47. The maximum atomic E-state index is 13.5. The van der Waals surface area contributed by atoms with Gasteiger partial charge in [0.05, 0.1) is 17.3 Å². The number of Topliss-reactive ketones (excluding diaryl/α,β-unsaturated/α-hetero) is 1. The van der Waals surface area contributed by atoms with Crippen molar-refractivity contribution in [3.05, 3.63) is 92.8 Å². The number of aryl methyl sites for hydroxylation is 1. The van der Waals surface area contributed by atoms with Crippen molar-refractivity contribution in [2.75, 3.05) is 4.90 Å². The van der Waals surface area contributed by atoms with Crippen molar-refractivity contribution in [3.8, 4) is 0 Å². The van der Waals surface area contributed by atoms with Crippen LogP contribution in [0.4, 0.5) is 5.13 Å². The van der Waals surface area contributed by atoms with Crippen LogP contribution in [0.1, 0.15) is 27.9 Å². The zero-order valence-corrected chi connectivity index (χ0v) is 18.6. The number of carbonyl (C=O) groups is 2. The number of ketones is 1. The van der Waals surface area contributed by atoms with Gasteiger partial charge in [0, 0.05) is 15.2 Å². The summed E-state index contributed by atoms with van der Waals surface area (Å²) in [5, 5.41) is 13.8. The van der Waals surface area contributed by atoms with Gasteiger partial charge < -0.3 is 9.52 Å². The Bertz CT molecular complexity index is 1340. The Morgan fingerprint density at radius 1 is 1.19 bits per heavy atom. The predicted molar refractivity (Wildman–Crippen MR) is 121 cm³/mol. The molecular formula is C23H15BrN2O4S. The molecule has 0 saturated carbocycles. The molecule has 4 aromatic rings. The fraction of sp³-hybridized carbons (Fsp3) is 0.0870. The molecule has 8 heteroatoms. The Labute approximate surface area is 189 Å². The molecular weight excluding hydrogens is 480 g/mol. The SMILES string of the molecule is Cc1csc(N2C(=O)C(O)=C(C(=O)c3cc4ccccc4o3)C2c2ccc(Br)cc2)n1. The summed E-state index contributed by atoms with van der Waals surface area (Å²) in [5.74, 6) is -1.73. The van der Waals surface area contributed by atoms with Crippen LogP contribution < -0.4 is 4.90 Å². The first kappa shape index (κ1) is 19.7. The Morgan fingerprint density at radius 3 is 2.61 bits per heavy atom. The van der Waals surface area contributed by atoms with Crippen LogP contribution in [0.3, 0.4) is 0 Å². The number of thiazole rings is 1. The lowest BCUT2D eigenvalue weighted by Crippen LogP contribution is -2.31. The zero-order valence-electron chi connectivity index (χ0n) is 16.2. The summed E-state index contributed by atoms with van der Waals surface area (Å²) in [7, 11) is 0. The van der Waals surface area contributed by atoms with Gasteiger partial charge in [-0.25, -0.2) is 4.98 Å². The number of benzene rings is 2. The van der Waals surface area contributed by atoms with Gasteiger partial charge in [0.1, 0.15) is 5.58 Å². The number of aliphatic hydroxyl groups excluding tert-OH is 1. The second-order valence-electron chi connectivity index (χ2n) is 7.14. The summed E-state index contributed by atoms with van der Waals surface area (Å²) >= 11 is 4.69. The Balaban J connectivity index is 1.66. The molecule has 154 valence electrons. The van der Waals surface area contributed by atoms with Gasteiger partial charge >= 0.3 is 0 Å². The van der Waals surface area contributed by atoms with Crippen LogP contribution in [0.2, 0.25) is 0 Å². The number of hydrogen-bond acceptors (Lipinski definition) is 6. The van der Waals surface area contributed by atoms with E-state index in [0.29, 0.717) is 16.3 Å². The van der Waals surface area contributed by atoms with E-state index in [4.69, 9.17) is 4.42 Å². The third-order valence-corrected chi connectivity index (χ3v) is 6.59. The van der Waals surface area contributed by atoms with E-state index >= 15 is 0 Å². The molecule has 2 aromatic carbocycles. The van der Waals surface area contributed by atoms with Crippen molar-refractivity contribution >= 4 is 55.1 Å².